The number of rotatable bonds is 4. The van der Waals surface area contributed by atoms with Gasteiger partial charge in [-0.15, -0.1) is 11.3 Å². The minimum Gasteiger partial charge on any atom is -0.376 e. The Hall–Kier alpha value is -2.06. The van der Waals surface area contributed by atoms with Crippen LogP contribution in [0.15, 0.2) is 35.8 Å². The predicted octanol–water partition coefficient (Wildman–Crippen LogP) is 5.69. The van der Waals surface area contributed by atoms with Crippen molar-refractivity contribution in [1.29, 1.82) is 0 Å². The van der Waals surface area contributed by atoms with Crippen LogP contribution in [-0.2, 0) is 4.74 Å². The molecule has 0 spiro atoms. The van der Waals surface area contributed by atoms with E-state index in [1.165, 1.54) is 22.7 Å². The molecule has 29 heavy (non-hydrogen) atoms. The largest absolute Gasteiger partial charge is 0.376 e. The Balaban J connectivity index is 1.56. The predicted molar refractivity (Wildman–Crippen MR) is 120 cm³/mol. The van der Waals surface area contributed by atoms with Gasteiger partial charge in [0, 0.05) is 17.2 Å². The summed E-state index contributed by atoms with van der Waals surface area (Å²) in [5.41, 5.74) is 5.22. The first-order valence-electron chi connectivity index (χ1n) is 9.42. The van der Waals surface area contributed by atoms with Crippen molar-refractivity contribution in [3.05, 3.63) is 52.0 Å². The number of halogens is 1. The minimum absolute atomic E-state index is 0.0304. The van der Waals surface area contributed by atoms with Gasteiger partial charge in [0.05, 0.1) is 38.6 Å². The summed E-state index contributed by atoms with van der Waals surface area (Å²) in [7, 11) is 0. The first-order chi connectivity index (χ1) is 14.1. The summed E-state index contributed by atoms with van der Waals surface area (Å²) in [4.78, 5) is 24.4. The van der Waals surface area contributed by atoms with Gasteiger partial charge in [-0.1, -0.05) is 22.9 Å². The average Bonchev–Trinajstić information content (AvgIpc) is 3.44. The van der Waals surface area contributed by atoms with E-state index in [-0.39, 0.29) is 12.0 Å². The average molecular weight is 444 g/mol. The van der Waals surface area contributed by atoms with Crippen molar-refractivity contribution in [1.82, 2.24) is 9.97 Å². The molecule has 0 bridgehead atoms. The van der Waals surface area contributed by atoms with Gasteiger partial charge >= 0.3 is 0 Å². The molecule has 0 N–H and O–H groups in total. The quantitative estimate of drug-likeness (QED) is 0.406. The lowest BCUT2D eigenvalue weighted by Gasteiger charge is -2.23. The number of carbonyl (C=O) groups is 1. The number of aromatic nitrogens is 2. The van der Waals surface area contributed by atoms with Gasteiger partial charge in [-0.3, -0.25) is 9.69 Å². The molecule has 1 unspecified atom stereocenters. The topological polar surface area (TPSA) is 55.3 Å². The molecule has 0 aliphatic carbocycles. The molecule has 0 radical (unpaired) electrons. The maximum absolute atomic E-state index is 13.5. The number of hydrogen-bond acceptors (Lipinski definition) is 6. The normalized spacial score (nSPS) is 16.7. The number of anilines is 1. The molecule has 5 nitrogen and oxygen atoms in total. The van der Waals surface area contributed by atoms with E-state index in [0.29, 0.717) is 22.3 Å². The lowest BCUT2D eigenvalue weighted by Crippen LogP contribution is -2.37. The SMILES string of the molecule is Cc1cc(Cl)cc2sc(N(CC3CCCO3)C(=O)c3ccc4ncsc4c3)nc12. The molecule has 1 aliphatic rings. The van der Waals surface area contributed by atoms with Crippen LogP contribution in [0.1, 0.15) is 28.8 Å². The van der Waals surface area contributed by atoms with E-state index in [2.05, 4.69) is 4.98 Å². The van der Waals surface area contributed by atoms with Gasteiger partial charge in [-0.25, -0.2) is 9.97 Å². The lowest BCUT2D eigenvalue weighted by atomic mass is 10.1. The third kappa shape index (κ3) is 3.64. The van der Waals surface area contributed by atoms with E-state index in [1.807, 2.05) is 37.3 Å². The molecule has 1 saturated heterocycles. The maximum Gasteiger partial charge on any atom is 0.260 e. The second-order valence-electron chi connectivity index (χ2n) is 7.15. The molecule has 2 aromatic carbocycles. The molecule has 3 heterocycles. The summed E-state index contributed by atoms with van der Waals surface area (Å²) in [6.45, 7) is 3.22. The van der Waals surface area contributed by atoms with Crippen molar-refractivity contribution in [2.75, 3.05) is 18.1 Å². The van der Waals surface area contributed by atoms with Crippen LogP contribution in [0.3, 0.4) is 0 Å². The zero-order chi connectivity index (χ0) is 20.0. The van der Waals surface area contributed by atoms with Crippen LogP contribution < -0.4 is 4.90 Å². The molecule has 4 aromatic rings. The van der Waals surface area contributed by atoms with E-state index in [1.54, 1.807) is 10.4 Å². The van der Waals surface area contributed by atoms with Crippen LogP contribution >= 0.6 is 34.3 Å². The van der Waals surface area contributed by atoms with Crippen molar-refractivity contribution in [3.63, 3.8) is 0 Å². The third-order valence-electron chi connectivity index (χ3n) is 5.10. The van der Waals surface area contributed by atoms with Crippen molar-refractivity contribution < 1.29 is 9.53 Å². The van der Waals surface area contributed by atoms with E-state index < -0.39 is 0 Å². The third-order valence-corrected chi connectivity index (χ3v) is 7.14. The van der Waals surface area contributed by atoms with Gasteiger partial charge in [0.25, 0.3) is 5.91 Å². The van der Waals surface area contributed by atoms with Crippen molar-refractivity contribution in [2.45, 2.75) is 25.9 Å². The number of ether oxygens (including phenoxy) is 1. The Labute approximate surface area is 180 Å². The fraction of sp³-hybridized carbons (Fsp3) is 0.286. The van der Waals surface area contributed by atoms with Crippen LogP contribution in [0, 0.1) is 6.92 Å². The Kier molecular flexibility index (Phi) is 4.99. The van der Waals surface area contributed by atoms with Crippen LogP contribution in [0.2, 0.25) is 5.02 Å². The van der Waals surface area contributed by atoms with Gasteiger partial charge < -0.3 is 4.74 Å². The van der Waals surface area contributed by atoms with Gasteiger partial charge in [0.1, 0.15) is 0 Å². The van der Waals surface area contributed by atoms with Gasteiger partial charge in [0.2, 0.25) is 0 Å². The number of amides is 1. The van der Waals surface area contributed by atoms with Gasteiger partial charge in [-0.05, 0) is 55.7 Å². The first-order valence-corrected chi connectivity index (χ1v) is 11.5. The smallest absolute Gasteiger partial charge is 0.260 e. The van der Waals surface area contributed by atoms with Crippen LogP contribution in [0.25, 0.3) is 20.4 Å². The van der Waals surface area contributed by atoms with Crippen LogP contribution in [0.4, 0.5) is 5.13 Å². The number of aryl methyl sites for hydroxylation is 1. The van der Waals surface area contributed by atoms with Crippen molar-refractivity contribution >= 4 is 65.7 Å². The summed E-state index contributed by atoms with van der Waals surface area (Å²) in [5, 5.41) is 1.35. The van der Waals surface area contributed by atoms with Crippen molar-refractivity contribution in [3.8, 4) is 0 Å². The number of nitrogens with zero attached hydrogens (tertiary/aromatic N) is 3. The molecule has 1 fully saturated rings. The zero-order valence-corrected chi connectivity index (χ0v) is 18.1. The molecule has 0 saturated carbocycles. The van der Waals surface area contributed by atoms with Gasteiger partial charge in [0.15, 0.2) is 5.13 Å². The second kappa shape index (κ2) is 7.65. The molecule has 5 rings (SSSR count). The maximum atomic E-state index is 13.5. The monoisotopic (exact) mass is 443 g/mol. The zero-order valence-electron chi connectivity index (χ0n) is 15.7. The first kappa shape index (κ1) is 18.9. The van der Waals surface area contributed by atoms with Gasteiger partial charge in [-0.2, -0.15) is 0 Å². The Morgan fingerprint density at radius 1 is 1.31 bits per heavy atom. The summed E-state index contributed by atoms with van der Waals surface area (Å²) in [6, 6.07) is 9.45. The van der Waals surface area contributed by atoms with E-state index in [0.717, 1.165) is 45.4 Å². The molecule has 2 aromatic heterocycles. The molecule has 1 amide bonds. The van der Waals surface area contributed by atoms with E-state index >= 15 is 0 Å². The van der Waals surface area contributed by atoms with Crippen LogP contribution in [-0.4, -0.2) is 35.1 Å². The summed E-state index contributed by atoms with van der Waals surface area (Å²) in [6.07, 6.45) is 2.00. The molecule has 148 valence electrons. The van der Waals surface area contributed by atoms with Crippen molar-refractivity contribution in [2.24, 2.45) is 0 Å². The number of benzene rings is 2. The lowest BCUT2D eigenvalue weighted by molar-refractivity contribution is 0.0917. The molecular formula is C21H18ClN3O2S2. The molecule has 8 heteroatoms. The van der Waals surface area contributed by atoms with E-state index in [4.69, 9.17) is 21.3 Å². The highest BCUT2D eigenvalue weighted by molar-refractivity contribution is 7.22. The van der Waals surface area contributed by atoms with E-state index in [9.17, 15) is 4.79 Å². The fourth-order valence-electron chi connectivity index (χ4n) is 3.64. The highest BCUT2D eigenvalue weighted by Gasteiger charge is 2.27. The summed E-state index contributed by atoms with van der Waals surface area (Å²) in [5.74, 6) is -0.0707. The summed E-state index contributed by atoms with van der Waals surface area (Å²) < 4.78 is 7.80. The molecule has 1 atom stereocenters. The Morgan fingerprint density at radius 3 is 3.03 bits per heavy atom. The Morgan fingerprint density at radius 2 is 2.21 bits per heavy atom. The standard InChI is InChI=1S/C21H18ClN3O2S2/c1-12-7-14(22)9-18-19(12)24-21(29-18)25(10-15-3-2-6-27-15)20(26)13-4-5-16-17(8-13)28-11-23-16/h4-5,7-9,11,15H,2-3,6,10H2,1H3. The van der Waals surface area contributed by atoms with Crippen LogP contribution in [0.5, 0.6) is 0 Å². The highest BCUT2D eigenvalue weighted by atomic mass is 35.5. The fourth-order valence-corrected chi connectivity index (χ4v) is 5.79. The minimum atomic E-state index is -0.0707. The number of hydrogen-bond donors (Lipinski definition) is 0. The Bertz CT molecular complexity index is 1210. The molecular weight excluding hydrogens is 426 g/mol. The number of carbonyl (C=O) groups excluding carboxylic acids is 1. The molecule has 1 aliphatic heterocycles. The highest BCUT2D eigenvalue weighted by Crippen LogP contribution is 2.34. The number of fused-ring (bicyclic) bond motifs is 2. The summed E-state index contributed by atoms with van der Waals surface area (Å²) >= 11 is 9.25. The second-order valence-corrected chi connectivity index (χ2v) is 9.48. The number of thiazole rings is 2.